The molecule has 0 aliphatic carbocycles. The molecule has 7 heteroatoms. The number of nitro benzene ring substituents is 1. The zero-order chi connectivity index (χ0) is 17.0. The van der Waals surface area contributed by atoms with E-state index in [0.717, 1.165) is 9.13 Å². The molecule has 1 N–H and O–H groups in total. The number of carbonyl (C=O) groups is 1. The van der Waals surface area contributed by atoms with E-state index >= 15 is 0 Å². The van der Waals surface area contributed by atoms with Gasteiger partial charge in [-0.05, 0) is 71.8 Å². The number of hydrogen-bond acceptors (Lipinski definition) is 4. The third-order valence-corrected chi connectivity index (χ3v) is 3.79. The number of nitrogens with one attached hydrogen (secondary N) is 1. The van der Waals surface area contributed by atoms with Gasteiger partial charge in [-0.2, -0.15) is 0 Å². The summed E-state index contributed by atoms with van der Waals surface area (Å²) in [7, 11) is 0. The Labute approximate surface area is 147 Å². The molecule has 0 unspecified atom stereocenters. The molecule has 120 valence electrons. The molecule has 2 aromatic carbocycles. The van der Waals surface area contributed by atoms with E-state index in [4.69, 9.17) is 4.74 Å². The molecular formula is C16H15IN2O4. The number of rotatable bonds is 5. The van der Waals surface area contributed by atoms with Gasteiger partial charge in [0.25, 0.3) is 5.91 Å². The van der Waals surface area contributed by atoms with Crippen LogP contribution in [-0.4, -0.2) is 17.4 Å². The Bertz CT molecular complexity index is 744. The van der Waals surface area contributed by atoms with Crippen LogP contribution in [0.4, 0.5) is 11.4 Å². The minimum atomic E-state index is -0.508. The molecule has 0 bridgehead atoms. The molecule has 23 heavy (non-hydrogen) atoms. The topological polar surface area (TPSA) is 81.5 Å². The lowest BCUT2D eigenvalue weighted by molar-refractivity contribution is -0.385. The first kappa shape index (κ1) is 17.2. The number of hydrogen-bond donors (Lipinski definition) is 1. The van der Waals surface area contributed by atoms with Gasteiger partial charge in [0.1, 0.15) is 0 Å². The second-order valence-electron chi connectivity index (χ2n) is 5.03. The highest BCUT2D eigenvalue weighted by Crippen LogP contribution is 2.32. The maximum absolute atomic E-state index is 11.9. The van der Waals surface area contributed by atoms with Crippen LogP contribution in [0.25, 0.3) is 0 Å². The van der Waals surface area contributed by atoms with Crippen molar-refractivity contribution in [2.75, 3.05) is 11.9 Å². The maximum atomic E-state index is 11.9. The highest BCUT2D eigenvalue weighted by atomic mass is 127. The van der Waals surface area contributed by atoms with E-state index in [0.29, 0.717) is 11.3 Å². The van der Waals surface area contributed by atoms with E-state index in [1.54, 1.807) is 32.0 Å². The summed E-state index contributed by atoms with van der Waals surface area (Å²) in [5.41, 5.74) is 1.90. The zero-order valence-corrected chi connectivity index (χ0v) is 14.8. The predicted octanol–water partition coefficient (Wildman–Crippen LogP) is 3.83. The molecule has 0 saturated carbocycles. The number of ether oxygens (including phenoxy) is 1. The quantitative estimate of drug-likeness (QED) is 0.448. The fraction of sp³-hybridized carbons (Fsp3) is 0.188. The van der Waals surface area contributed by atoms with Gasteiger partial charge < -0.3 is 10.1 Å². The molecule has 1 amide bonds. The summed E-state index contributed by atoms with van der Waals surface area (Å²) in [4.78, 5) is 22.5. The standard InChI is InChI=1S/C16H15IN2O4/c1-10-7-11(2)16(14(8-10)19(21)22)23-9-15(20)18-13-5-3-12(17)4-6-13/h3-8H,9H2,1-2H3,(H,18,20). The zero-order valence-electron chi connectivity index (χ0n) is 12.6. The van der Waals surface area contributed by atoms with Crippen LogP contribution in [0.15, 0.2) is 36.4 Å². The van der Waals surface area contributed by atoms with Crippen molar-refractivity contribution in [1.82, 2.24) is 0 Å². The third-order valence-electron chi connectivity index (χ3n) is 3.07. The lowest BCUT2D eigenvalue weighted by atomic mass is 10.1. The Kier molecular flexibility index (Phi) is 5.54. The van der Waals surface area contributed by atoms with Gasteiger partial charge in [-0.25, -0.2) is 0 Å². The predicted molar refractivity (Wildman–Crippen MR) is 95.9 cm³/mol. The fourth-order valence-electron chi connectivity index (χ4n) is 2.12. The van der Waals surface area contributed by atoms with Crippen molar-refractivity contribution in [3.8, 4) is 5.75 Å². The summed E-state index contributed by atoms with van der Waals surface area (Å²) in [5, 5.41) is 13.8. The van der Waals surface area contributed by atoms with Crippen LogP contribution in [0.3, 0.4) is 0 Å². The molecule has 0 atom stereocenters. The van der Waals surface area contributed by atoms with E-state index < -0.39 is 4.92 Å². The van der Waals surface area contributed by atoms with Crippen LogP contribution in [0.1, 0.15) is 11.1 Å². The first-order valence-corrected chi connectivity index (χ1v) is 7.88. The summed E-state index contributed by atoms with van der Waals surface area (Å²) in [5.74, 6) is -0.251. The number of nitrogens with zero attached hydrogens (tertiary/aromatic N) is 1. The monoisotopic (exact) mass is 426 g/mol. The lowest BCUT2D eigenvalue weighted by Crippen LogP contribution is -2.20. The van der Waals surface area contributed by atoms with Crippen molar-refractivity contribution >= 4 is 39.9 Å². The maximum Gasteiger partial charge on any atom is 0.311 e. The molecule has 2 aromatic rings. The summed E-state index contributed by atoms with van der Waals surface area (Å²) in [6.07, 6.45) is 0. The molecule has 2 rings (SSSR count). The average Bonchev–Trinajstić information content (AvgIpc) is 2.48. The van der Waals surface area contributed by atoms with Gasteiger partial charge in [-0.3, -0.25) is 14.9 Å². The van der Waals surface area contributed by atoms with Gasteiger partial charge in [0, 0.05) is 15.3 Å². The fourth-order valence-corrected chi connectivity index (χ4v) is 2.48. The Morgan fingerprint density at radius 2 is 1.91 bits per heavy atom. The summed E-state index contributed by atoms with van der Waals surface area (Å²) < 4.78 is 6.44. The van der Waals surface area contributed by atoms with Gasteiger partial charge in [0.05, 0.1) is 4.92 Å². The highest BCUT2D eigenvalue weighted by Gasteiger charge is 2.19. The number of nitro groups is 1. The number of amides is 1. The van der Waals surface area contributed by atoms with E-state index in [9.17, 15) is 14.9 Å². The minimum Gasteiger partial charge on any atom is -0.477 e. The van der Waals surface area contributed by atoms with Crippen molar-refractivity contribution in [3.63, 3.8) is 0 Å². The first-order chi connectivity index (χ1) is 10.9. The second kappa shape index (κ2) is 7.40. The number of benzene rings is 2. The van der Waals surface area contributed by atoms with E-state index in [2.05, 4.69) is 27.9 Å². The van der Waals surface area contributed by atoms with Crippen LogP contribution in [-0.2, 0) is 4.79 Å². The van der Waals surface area contributed by atoms with Gasteiger partial charge in [-0.15, -0.1) is 0 Å². The Morgan fingerprint density at radius 1 is 1.26 bits per heavy atom. The molecule has 0 aliphatic heterocycles. The SMILES string of the molecule is Cc1cc(C)c(OCC(=O)Nc2ccc(I)cc2)c([N+](=O)[O-])c1. The summed E-state index contributed by atoms with van der Waals surface area (Å²) in [6, 6.07) is 10.5. The van der Waals surface area contributed by atoms with Crippen LogP contribution in [0, 0.1) is 27.5 Å². The molecule has 0 aliphatic rings. The highest BCUT2D eigenvalue weighted by molar-refractivity contribution is 14.1. The second-order valence-corrected chi connectivity index (χ2v) is 6.28. The van der Waals surface area contributed by atoms with Gasteiger partial charge in [-0.1, -0.05) is 6.07 Å². The smallest absolute Gasteiger partial charge is 0.311 e. The van der Waals surface area contributed by atoms with E-state index in [-0.39, 0.29) is 24.0 Å². The minimum absolute atomic E-state index is 0.123. The van der Waals surface area contributed by atoms with Crippen LogP contribution < -0.4 is 10.1 Å². The van der Waals surface area contributed by atoms with Crippen molar-refractivity contribution in [3.05, 3.63) is 61.2 Å². The summed E-state index contributed by atoms with van der Waals surface area (Å²) in [6.45, 7) is 3.19. The molecule has 0 spiro atoms. The van der Waals surface area contributed by atoms with Crippen LogP contribution in [0.5, 0.6) is 5.75 Å². The third kappa shape index (κ3) is 4.65. The molecule has 0 aromatic heterocycles. The Morgan fingerprint density at radius 3 is 2.52 bits per heavy atom. The number of carbonyl (C=O) groups excluding carboxylic acids is 1. The molecule has 0 saturated heterocycles. The number of anilines is 1. The van der Waals surface area contributed by atoms with Gasteiger partial charge in [0.2, 0.25) is 5.75 Å². The molecule has 0 heterocycles. The van der Waals surface area contributed by atoms with Crippen molar-refractivity contribution in [2.45, 2.75) is 13.8 Å². The summed E-state index contributed by atoms with van der Waals surface area (Å²) >= 11 is 2.17. The van der Waals surface area contributed by atoms with Crippen LogP contribution in [0.2, 0.25) is 0 Å². The first-order valence-electron chi connectivity index (χ1n) is 6.80. The van der Waals surface area contributed by atoms with E-state index in [1.807, 2.05) is 12.1 Å². The molecule has 0 radical (unpaired) electrons. The van der Waals surface area contributed by atoms with Crippen LogP contribution >= 0.6 is 22.6 Å². The van der Waals surface area contributed by atoms with Crippen molar-refractivity contribution < 1.29 is 14.5 Å². The Hall–Kier alpha value is -2.16. The average molecular weight is 426 g/mol. The molecular weight excluding hydrogens is 411 g/mol. The molecule has 6 nitrogen and oxygen atoms in total. The van der Waals surface area contributed by atoms with Crippen molar-refractivity contribution in [1.29, 1.82) is 0 Å². The largest absolute Gasteiger partial charge is 0.477 e. The van der Waals surface area contributed by atoms with Gasteiger partial charge in [0.15, 0.2) is 6.61 Å². The number of halogens is 1. The lowest BCUT2D eigenvalue weighted by Gasteiger charge is -2.11. The molecule has 0 fully saturated rings. The van der Waals surface area contributed by atoms with E-state index in [1.165, 1.54) is 6.07 Å². The normalized spacial score (nSPS) is 10.2. The number of aryl methyl sites for hydroxylation is 2. The van der Waals surface area contributed by atoms with Crippen molar-refractivity contribution in [2.24, 2.45) is 0 Å². The van der Waals surface area contributed by atoms with Gasteiger partial charge >= 0.3 is 5.69 Å². The Balaban J connectivity index is 2.07.